The number of carbonyl (C=O) groups excluding carboxylic acids is 3. The number of nitrogens with zero attached hydrogens (tertiary/aromatic N) is 2. The van der Waals surface area contributed by atoms with E-state index in [2.05, 4.69) is 5.32 Å². The molecule has 3 N–H and O–H groups in total. The van der Waals surface area contributed by atoms with Gasteiger partial charge < -0.3 is 11.1 Å². The Balaban J connectivity index is 2.15. The summed E-state index contributed by atoms with van der Waals surface area (Å²) in [7, 11) is 0. The molecule has 0 saturated carbocycles. The highest BCUT2D eigenvalue weighted by Gasteiger charge is 2.30. The number of nitrogens with two attached hydrogens (primary N) is 1. The Morgan fingerprint density at radius 3 is 2.15 bits per heavy atom. The van der Waals surface area contributed by atoms with E-state index in [4.69, 9.17) is 5.73 Å². The normalized spacial score (nSPS) is 12.5. The zero-order valence-electron chi connectivity index (χ0n) is 18.1. The van der Waals surface area contributed by atoms with E-state index < -0.39 is 46.4 Å². The third kappa shape index (κ3) is 7.14. The molecule has 2 aromatic carbocycles. The molecule has 0 saturated heterocycles. The number of carbonyl (C=O) groups is 3. The molecule has 3 amide bonds. The first-order valence-corrected chi connectivity index (χ1v) is 10.1. The largest absolute Gasteiger partial charge is 0.344 e. The van der Waals surface area contributed by atoms with Crippen LogP contribution >= 0.6 is 0 Å². The molecule has 9 nitrogen and oxygen atoms in total. The highest BCUT2D eigenvalue weighted by Crippen LogP contribution is 2.15. The monoisotopic (exact) mass is 462 g/mol. The van der Waals surface area contributed by atoms with Gasteiger partial charge in [0.05, 0.1) is 23.9 Å². The van der Waals surface area contributed by atoms with Crippen LogP contribution in [-0.2, 0) is 27.3 Å². The van der Waals surface area contributed by atoms with Crippen molar-refractivity contribution in [3.8, 4) is 0 Å². The molecule has 2 rings (SSSR count). The van der Waals surface area contributed by atoms with Gasteiger partial charge >= 0.3 is 0 Å². The first-order valence-electron chi connectivity index (χ1n) is 10.1. The molecule has 2 atom stereocenters. The second-order valence-corrected chi connectivity index (χ2v) is 7.44. The molecule has 0 bridgehead atoms. The van der Waals surface area contributed by atoms with E-state index in [-0.39, 0.29) is 30.6 Å². The topological polar surface area (TPSA) is 136 Å². The lowest BCUT2D eigenvalue weighted by atomic mass is 10.1. The number of nitro groups is 1. The van der Waals surface area contributed by atoms with Gasteiger partial charge in [0.1, 0.15) is 17.7 Å². The quantitative estimate of drug-likeness (QED) is 0.433. The first kappa shape index (κ1) is 25.5. The summed E-state index contributed by atoms with van der Waals surface area (Å²) in [6, 6.07) is 5.85. The van der Waals surface area contributed by atoms with Crippen molar-refractivity contribution in [3.63, 3.8) is 0 Å². The third-order valence-electron chi connectivity index (χ3n) is 4.81. The fourth-order valence-electron chi connectivity index (χ4n) is 3.03. The maximum Gasteiger partial charge on any atom is 0.269 e. The van der Waals surface area contributed by atoms with Crippen molar-refractivity contribution in [2.45, 2.75) is 45.3 Å². The molecular weight excluding hydrogens is 438 g/mol. The van der Waals surface area contributed by atoms with Crippen LogP contribution < -0.4 is 11.1 Å². The van der Waals surface area contributed by atoms with Crippen LogP contribution in [-0.4, -0.2) is 39.6 Å². The number of hydrogen-bond acceptors (Lipinski definition) is 6. The van der Waals surface area contributed by atoms with Gasteiger partial charge in [0, 0.05) is 18.2 Å². The lowest BCUT2D eigenvalue weighted by Gasteiger charge is -2.27. The van der Waals surface area contributed by atoms with Gasteiger partial charge in [0.15, 0.2) is 0 Å². The van der Waals surface area contributed by atoms with Crippen LogP contribution in [0.25, 0.3) is 0 Å². The molecule has 0 radical (unpaired) electrons. The van der Waals surface area contributed by atoms with Crippen molar-refractivity contribution in [1.82, 2.24) is 10.2 Å². The molecule has 1 unspecified atom stereocenters. The summed E-state index contributed by atoms with van der Waals surface area (Å²) in [5.41, 5.74) is 6.19. The van der Waals surface area contributed by atoms with E-state index in [1.54, 1.807) is 6.92 Å². The van der Waals surface area contributed by atoms with Gasteiger partial charge in [-0.25, -0.2) is 8.78 Å². The number of rotatable bonds is 9. The molecule has 33 heavy (non-hydrogen) atoms. The highest BCUT2D eigenvalue weighted by atomic mass is 19.1. The predicted octanol–water partition coefficient (Wildman–Crippen LogP) is 2.21. The maximum atomic E-state index is 13.3. The Labute approximate surface area is 188 Å². The van der Waals surface area contributed by atoms with Gasteiger partial charge in [-0.1, -0.05) is 19.1 Å². The van der Waals surface area contributed by atoms with E-state index >= 15 is 0 Å². The number of benzene rings is 2. The van der Waals surface area contributed by atoms with Crippen LogP contribution in [0.1, 0.15) is 31.4 Å². The van der Waals surface area contributed by atoms with Crippen LogP contribution in [0.5, 0.6) is 0 Å². The Bertz CT molecular complexity index is 1030. The number of nitrogens with one attached hydrogen (secondary N) is 1. The SMILES string of the molecule is CCC(N)C(=O)N(Cc1ccc([N+](=O)[O-])cc1)C(=O)[C@H](C)NC(=O)Cc1cc(F)cc(F)c1. The highest BCUT2D eigenvalue weighted by molar-refractivity contribution is 6.01. The van der Waals surface area contributed by atoms with Crippen LogP contribution in [0.15, 0.2) is 42.5 Å². The van der Waals surface area contributed by atoms with Gasteiger partial charge in [0.25, 0.3) is 11.6 Å². The van der Waals surface area contributed by atoms with Crippen molar-refractivity contribution < 1.29 is 28.1 Å². The summed E-state index contributed by atoms with van der Waals surface area (Å²) in [5.74, 6) is -3.77. The van der Waals surface area contributed by atoms with Gasteiger partial charge in [-0.15, -0.1) is 0 Å². The third-order valence-corrected chi connectivity index (χ3v) is 4.81. The molecular formula is C22H24F2N4O5. The molecule has 0 aliphatic heterocycles. The Morgan fingerprint density at radius 2 is 1.64 bits per heavy atom. The minimum atomic E-state index is -1.15. The minimum absolute atomic E-state index is 0.0801. The first-order chi connectivity index (χ1) is 15.5. The zero-order chi connectivity index (χ0) is 24.7. The van der Waals surface area contributed by atoms with Crippen LogP contribution in [0, 0.1) is 21.7 Å². The lowest BCUT2D eigenvalue weighted by molar-refractivity contribution is -0.384. The molecule has 0 aromatic heterocycles. The molecule has 0 aliphatic carbocycles. The van der Waals surface area contributed by atoms with E-state index in [0.717, 1.165) is 17.0 Å². The van der Waals surface area contributed by atoms with Gasteiger partial charge in [-0.05, 0) is 36.6 Å². The summed E-state index contributed by atoms with van der Waals surface area (Å²) in [6.45, 7) is 2.82. The number of halogens is 2. The van der Waals surface area contributed by atoms with Gasteiger partial charge in [-0.3, -0.25) is 29.4 Å². The standard InChI is InChI=1S/C22H24F2N4O5/c1-3-19(25)22(31)27(12-14-4-6-18(7-5-14)28(32)33)21(30)13(2)26-20(29)10-15-8-16(23)11-17(24)9-15/h4-9,11,13,19H,3,10,12,25H2,1-2H3,(H,26,29)/t13-,19?/m0/s1. The van der Waals surface area contributed by atoms with Gasteiger partial charge in [-0.2, -0.15) is 0 Å². The van der Waals surface area contributed by atoms with Crippen LogP contribution in [0.2, 0.25) is 0 Å². The number of nitro benzene ring substituents is 1. The van der Waals surface area contributed by atoms with Crippen molar-refractivity contribution in [3.05, 3.63) is 75.3 Å². The smallest absolute Gasteiger partial charge is 0.269 e. The van der Waals surface area contributed by atoms with E-state index in [1.807, 2.05) is 0 Å². The van der Waals surface area contributed by atoms with Crippen molar-refractivity contribution in [2.75, 3.05) is 0 Å². The van der Waals surface area contributed by atoms with Crippen LogP contribution in [0.3, 0.4) is 0 Å². The second-order valence-electron chi connectivity index (χ2n) is 7.44. The molecule has 0 fully saturated rings. The summed E-state index contributed by atoms with van der Waals surface area (Å²) < 4.78 is 26.7. The minimum Gasteiger partial charge on any atom is -0.344 e. The number of non-ortho nitro benzene ring substituents is 1. The number of amides is 3. The van der Waals surface area contributed by atoms with E-state index in [0.29, 0.717) is 11.6 Å². The average molecular weight is 462 g/mol. The summed E-state index contributed by atoms with van der Waals surface area (Å²) >= 11 is 0. The Kier molecular flexibility index (Phi) is 8.69. The summed E-state index contributed by atoms with van der Waals surface area (Å²) in [4.78, 5) is 49.1. The molecule has 0 aliphatic rings. The molecule has 0 spiro atoms. The molecule has 2 aromatic rings. The molecule has 11 heteroatoms. The Hall–Kier alpha value is -3.73. The second kappa shape index (κ2) is 11.2. The van der Waals surface area contributed by atoms with Crippen molar-refractivity contribution >= 4 is 23.4 Å². The molecule has 0 heterocycles. The van der Waals surface area contributed by atoms with Crippen molar-refractivity contribution in [1.29, 1.82) is 0 Å². The summed E-state index contributed by atoms with van der Waals surface area (Å²) in [5, 5.41) is 13.2. The number of hydrogen-bond donors (Lipinski definition) is 2. The fourth-order valence-corrected chi connectivity index (χ4v) is 3.03. The molecule has 176 valence electrons. The number of imide groups is 1. The predicted molar refractivity (Wildman–Crippen MR) is 115 cm³/mol. The lowest BCUT2D eigenvalue weighted by Crippen LogP contribution is -2.53. The Morgan fingerprint density at radius 1 is 1.06 bits per heavy atom. The van der Waals surface area contributed by atoms with E-state index in [1.165, 1.54) is 31.2 Å². The summed E-state index contributed by atoms with van der Waals surface area (Å²) in [6.07, 6.45) is -0.119. The fraction of sp³-hybridized carbons (Fsp3) is 0.318. The van der Waals surface area contributed by atoms with E-state index in [9.17, 15) is 33.3 Å². The zero-order valence-corrected chi connectivity index (χ0v) is 18.1. The van der Waals surface area contributed by atoms with Crippen LogP contribution in [0.4, 0.5) is 14.5 Å². The van der Waals surface area contributed by atoms with Gasteiger partial charge in [0.2, 0.25) is 11.8 Å². The maximum absolute atomic E-state index is 13.3. The average Bonchev–Trinajstić information content (AvgIpc) is 2.75. The van der Waals surface area contributed by atoms with Crippen molar-refractivity contribution in [2.24, 2.45) is 5.73 Å².